The molecule has 204 valence electrons. The summed E-state index contributed by atoms with van der Waals surface area (Å²) >= 11 is 6.16. The number of aliphatic imine (C=N–C) groups is 1. The number of methoxy groups -OCH3 is 1. The summed E-state index contributed by atoms with van der Waals surface area (Å²) in [5.74, 6) is 2.71. The number of fused-ring (bicyclic) bond motifs is 5. The first-order valence-electron chi connectivity index (χ1n) is 14.1. The van der Waals surface area contributed by atoms with Crippen molar-refractivity contribution in [2.45, 2.75) is 90.7 Å². The summed E-state index contributed by atoms with van der Waals surface area (Å²) in [6.45, 7) is 10.9. The summed E-state index contributed by atoms with van der Waals surface area (Å²) in [7, 11) is 1.84. The lowest BCUT2D eigenvalue weighted by atomic mass is 9.43. The van der Waals surface area contributed by atoms with Crippen molar-refractivity contribution in [3.63, 3.8) is 0 Å². The summed E-state index contributed by atoms with van der Waals surface area (Å²) in [5.41, 5.74) is 1.05. The van der Waals surface area contributed by atoms with E-state index >= 15 is 0 Å². The van der Waals surface area contributed by atoms with Crippen LogP contribution in [0.2, 0.25) is 0 Å². The zero-order chi connectivity index (χ0) is 26.6. The molecule has 4 aliphatic rings. The van der Waals surface area contributed by atoms with Gasteiger partial charge in [0, 0.05) is 18.1 Å². The van der Waals surface area contributed by atoms with Gasteiger partial charge in [-0.2, -0.15) is 5.10 Å². The predicted octanol–water partition coefficient (Wildman–Crippen LogP) is 6.42. The third-order valence-corrected chi connectivity index (χ3v) is 11.2. The number of nitrogens with zero attached hydrogens (tertiary/aromatic N) is 3. The van der Waals surface area contributed by atoms with Crippen LogP contribution in [0.5, 0.6) is 0 Å². The molecule has 0 spiro atoms. The van der Waals surface area contributed by atoms with E-state index in [4.69, 9.17) is 16.3 Å². The highest BCUT2D eigenvalue weighted by molar-refractivity contribution is 6.31. The molecule has 4 fully saturated rings. The molecule has 8 atom stereocenters. The van der Waals surface area contributed by atoms with Crippen LogP contribution >= 0.6 is 11.6 Å². The fourth-order valence-corrected chi connectivity index (χ4v) is 9.64. The molecule has 0 aromatic carbocycles. The van der Waals surface area contributed by atoms with Crippen LogP contribution in [-0.2, 0) is 16.1 Å². The number of hydrogen-bond acceptors (Lipinski definition) is 5. The molecule has 8 unspecified atom stereocenters. The minimum Gasteiger partial charge on any atom is -0.390 e. The molecule has 1 N–H and O–H groups in total. The number of aromatic nitrogens is 2. The van der Waals surface area contributed by atoms with Crippen molar-refractivity contribution in [1.29, 1.82) is 0 Å². The second-order valence-electron chi connectivity index (χ2n) is 13.1. The zero-order valence-corrected chi connectivity index (χ0v) is 23.8. The van der Waals surface area contributed by atoms with E-state index in [2.05, 4.69) is 23.7 Å². The fraction of sp³-hybridized carbons (Fsp3) is 0.767. The molecule has 0 saturated heterocycles. The first-order chi connectivity index (χ1) is 17.5. The number of aliphatic hydroxyl groups is 1. The Labute approximate surface area is 226 Å². The molecular formula is C30H44ClN3O3. The maximum Gasteiger partial charge on any atom is 0.157 e. The lowest BCUT2D eigenvalue weighted by molar-refractivity contribution is -0.175. The van der Waals surface area contributed by atoms with Gasteiger partial charge in [-0.1, -0.05) is 18.5 Å². The van der Waals surface area contributed by atoms with Crippen LogP contribution in [0.25, 0.3) is 6.08 Å². The average molecular weight is 530 g/mol. The Kier molecular flexibility index (Phi) is 7.25. The van der Waals surface area contributed by atoms with Crippen LogP contribution in [0.15, 0.2) is 16.2 Å². The van der Waals surface area contributed by atoms with Gasteiger partial charge in [0.2, 0.25) is 0 Å². The predicted molar refractivity (Wildman–Crippen MR) is 148 cm³/mol. The normalized spacial score (nSPS) is 41.6. The Balaban J connectivity index is 1.37. The molecule has 1 aromatic rings. The number of ketones is 1. The molecule has 5 rings (SSSR count). The number of rotatable bonds is 7. The van der Waals surface area contributed by atoms with Gasteiger partial charge in [-0.15, -0.1) is 0 Å². The third kappa shape index (κ3) is 4.55. The highest BCUT2D eigenvalue weighted by atomic mass is 35.5. The average Bonchev–Trinajstić information content (AvgIpc) is 3.38. The Hall–Kier alpha value is -1.50. The number of carbonyl (C=O) groups is 1. The smallest absolute Gasteiger partial charge is 0.157 e. The lowest BCUT2D eigenvalue weighted by Gasteiger charge is -2.62. The van der Waals surface area contributed by atoms with E-state index in [0.717, 1.165) is 57.2 Å². The minimum absolute atomic E-state index is 0.0323. The summed E-state index contributed by atoms with van der Waals surface area (Å²) in [6, 6.07) is 0. The van der Waals surface area contributed by atoms with Gasteiger partial charge in [0.1, 0.15) is 12.2 Å². The van der Waals surface area contributed by atoms with Gasteiger partial charge in [-0.3, -0.25) is 14.5 Å². The van der Waals surface area contributed by atoms with E-state index in [9.17, 15) is 9.90 Å². The maximum atomic E-state index is 13.8. The van der Waals surface area contributed by atoms with E-state index in [0.29, 0.717) is 34.4 Å². The number of carbonyl (C=O) groups excluding carboxylic acids is 1. The van der Waals surface area contributed by atoms with E-state index in [-0.39, 0.29) is 29.1 Å². The van der Waals surface area contributed by atoms with Crippen molar-refractivity contribution in [2.24, 2.45) is 45.4 Å². The Morgan fingerprint density at radius 2 is 2.03 bits per heavy atom. The van der Waals surface area contributed by atoms with Gasteiger partial charge in [0.15, 0.2) is 5.78 Å². The molecule has 1 aromatic heterocycles. The maximum absolute atomic E-state index is 13.8. The van der Waals surface area contributed by atoms with Crippen molar-refractivity contribution in [3.05, 3.63) is 16.9 Å². The van der Waals surface area contributed by atoms with Crippen LogP contribution in [-0.4, -0.2) is 46.7 Å². The standard InChI is InChI=1S/C30H44ClN3O3/c1-19(31)14-26-25(32-4)16-33-34(26)17-27(35)24-9-8-22-21-7-6-20-15-28(2,36)12-13-30(20,18-37-5)23(21)10-11-29(22,24)3/h14,16,20-24,36H,4,6-13,15,17-18H2,1-3,5H3. The number of ether oxygens (including phenoxy) is 1. The highest BCUT2D eigenvalue weighted by Gasteiger charge is 2.63. The van der Waals surface area contributed by atoms with E-state index in [1.807, 2.05) is 27.0 Å². The summed E-state index contributed by atoms with van der Waals surface area (Å²) in [5, 5.41) is 16.0. The quantitative estimate of drug-likeness (QED) is 0.413. The summed E-state index contributed by atoms with van der Waals surface area (Å²) < 4.78 is 7.64. The monoisotopic (exact) mass is 529 g/mol. The zero-order valence-electron chi connectivity index (χ0n) is 23.0. The first-order valence-corrected chi connectivity index (χ1v) is 14.5. The Morgan fingerprint density at radius 1 is 1.24 bits per heavy atom. The van der Waals surface area contributed by atoms with Gasteiger partial charge in [-0.05, 0) is 119 Å². The minimum atomic E-state index is -0.549. The molecule has 4 saturated carbocycles. The number of halogens is 1. The molecule has 0 aliphatic heterocycles. The SMILES string of the molecule is C=Nc1cnn(CC(=O)C2CCC3C4CCC5CC(C)(O)CCC5(COC)C4CCC23C)c1C=C(C)Cl. The molecular weight excluding hydrogens is 486 g/mol. The van der Waals surface area contributed by atoms with Crippen molar-refractivity contribution >= 4 is 35.9 Å². The molecule has 0 radical (unpaired) electrons. The highest BCUT2D eigenvalue weighted by Crippen LogP contribution is 2.68. The molecule has 0 bridgehead atoms. The number of allylic oxidation sites excluding steroid dienone is 1. The molecule has 0 amide bonds. The van der Waals surface area contributed by atoms with Crippen molar-refractivity contribution in [1.82, 2.24) is 9.78 Å². The van der Waals surface area contributed by atoms with Crippen LogP contribution in [0, 0.1) is 40.4 Å². The van der Waals surface area contributed by atoms with Gasteiger partial charge in [0.05, 0.1) is 24.1 Å². The van der Waals surface area contributed by atoms with Crippen molar-refractivity contribution < 1.29 is 14.6 Å². The Bertz CT molecular complexity index is 1080. The van der Waals surface area contributed by atoms with Crippen LogP contribution in [0.3, 0.4) is 0 Å². The van der Waals surface area contributed by atoms with Gasteiger partial charge < -0.3 is 9.84 Å². The van der Waals surface area contributed by atoms with Gasteiger partial charge in [-0.25, -0.2) is 0 Å². The second-order valence-corrected chi connectivity index (χ2v) is 13.7. The fourth-order valence-electron chi connectivity index (χ4n) is 9.54. The Morgan fingerprint density at radius 3 is 2.73 bits per heavy atom. The number of hydrogen-bond donors (Lipinski definition) is 1. The van der Waals surface area contributed by atoms with Gasteiger partial charge in [0.25, 0.3) is 0 Å². The topological polar surface area (TPSA) is 76.7 Å². The van der Waals surface area contributed by atoms with Crippen LogP contribution in [0.4, 0.5) is 5.69 Å². The summed E-state index contributed by atoms with van der Waals surface area (Å²) in [6.07, 6.45) is 13.0. The molecule has 7 heteroatoms. The molecule has 1 heterocycles. The summed E-state index contributed by atoms with van der Waals surface area (Å²) in [4.78, 5) is 17.9. The van der Waals surface area contributed by atoms with Crippen molar-refractivity contribution in [3.8, 4) is 0 Å². The molecule has 4 aliphatic carbocycles. The third-order valence-electron chi connectivity index (χ3n) is 11.1. The van der Waals surface area contributed by atoms with Crippen LogP contribution < -0.4 is 0 Å². The molecule has 37 heavy (non-hydrogen) atoms. The second kappa shape index (κ2) is 9.91. The van der Waals surface area contributed by atoms with Crippen LogP contribution in [0.1, 0.15) is 84.3 Å². The first kappa shape index (κ1) is 27.1. The lowest BCUT2D eigenvalue weighted by Crippen LogP contribution is -2.58. The largest absolute Gasteiger partial charge is 0.390 e. The number of Topliss-reactive ketones (excluding diaryl/α,β-unsaturated/α-hetero) is 1. The van der Waals surface area contributed by atoms with Crippen molar-refractivity contribution in [2.75, 3.05) is 13.7 Å². The molecule has 6 nitrogen and oxygen atoms in total. The van der Waals surface area contributed by atoms with E-state index in [1.54, 1.807) is 10.9 Å². The van der Waals surface area contributed by atoms with E-state index in [1.165, 1.54) is 12.8 Å². The van der Waals surface area contributed by atoms with E-state index < -0.39 is 5.60 Å². The van der Waals surface area contributed by atoms with Gasteiger partial charge >= 0.3 is 0 Å².